The summed E-state index contributed by atoms with van der Waals surface area (Å²) in [6.45, 7) is 0.373. The highest BCUT2D eigenvalue weighted by Crippen LogP contribution is 2.41. The Morgan fingerprint density at radius 2 is 1.53 bits per heavy atom. The molecule has 5 nitrogen and oxygen atoms in total. The van der Waals surface area contributed by atoms with E-state index >= 15 is 0 Å². The van der Waals surface area contributed by atoms with Gasteiger partial charge in [-0.2, -0.15) is 0 Å². The van der Waals surface area contributed by atoms with E-state index in [1.165, 1.54) is 4.31 Å². The Labute approximate surface area is 187 Å². The van der Waals surface area contributed by atoms with Crippen LogP contribution < -0.4 is 13.8 Å². The molecule has 0 amide bonds. The molecule has 160 valence electrons. The molecule has 0 aliphatic carbocycles. The number of hydrogen-bond acceptors (Lipinski definition) is 4. The zero-order chi connectivity index (χ0) is 22.1. The lowest BCUT2D eigenvalue weighted by Crippen LogP contribution is -2.26. The number of hydrogen-bond donors (Lipinski definition) is 0. The van der Waals surface area contributed by atoms with Crippen LogP contribution in [0.5, 0.6) is 11.5 Å². The van der Waals surface area contributed by atoms with Crippen LogP contribution >= 0.6 is 0 Å². The van der Waals surface area contributed by atoms with Crippen LogP contribution in [0.4, 0.5) is 11.4 Å². The van der Waals surface area contributed by atoms with Gasteiger partial charge in [-0.3, -0.25) is 0 Å². The minimum Gasteiger partial charge on any atom is -0.497 e. The molecule has 6 heteroatoms. The number of benzene rings is 4. The van der Waals surface area contributed by atoms with Crippen molar-refractivity contribution in [3.63, 3.8) is 0 Å². The highest BCUT2D eigenvalue weighted by molar-refractivity contribution is 7.93. The smallest absolute Gasteiger partial charge is 0.268 e. The van der Waals surface area contributed by atoms with Crippen molar-refractivity contribution in [2.45, 2.75) is 11.5 Å². The third-order valence-corrected chi connectivity index (χ3v) is 7.22. The number of fused-ring (bicyclic) bond motifs is 3. The first kappa shape index (κ1) is 20.2. The van der Waals surface area contributed by atoms with Crippen LogP contribution in [0.25, 0.3) is 11.1 Å². The minimum absolute atomic E-state index is 0.210. The van der Waals surface area contributed by atoms with Gasteiger partial charge in [0.05, 0.1) is 23.4 Å². The second kappa shape index (κ2) is 8.05. The van der Waals surface area contributed by atoms with E-state index in [-0.39, 0.29) is 4.90 Å². The summed E-state index contributed by atoms with van der Waals surface area (Å²) in [5.41, 5.74) is 3.99. The molecule has 0 radical (unpaired) electrons. The Morgan fingerprint density at radius 3 is 2.34 bits per heavy atom. The van der Waals surface area contributed by atoms with Crippen molar-refractivity contribution in [2.75, 3.05) is 11.4 Å². The van der Waals surface area contributed by atoms with Gasteiger partial charge in [-0.15, -0.1) is 0 Å². The van der Waals surface area contributed by atoms with Crippen LogP contribution in [0.1, 0.15) is 5.56 Å². The summed E-state index contributed by atoms with van der Waals surface area (Å²) in [7, 11) is -2.32. The Bertz CT molecular complexity index is 1380. The Hall–Kier alpha value is -3.77. The third kappa shape index (κ3) is 3.48. The van der Waals surface area contributed by atoms with Crippen molar-refractivity contribution < 1.29 is 17.9 Å². The van der Waals surface area contributed by atoms with E-state index < -0.39 is 10.0 Å². The molecule has 0 unspecified atom stereocenters. The van der Waals surface area contributed by atoms with Gasteiger partial charge in [0, 0.05) is 11.6 Å². The van der Waals surface area contributed by atoms with E-state index in [9.17, 15) is 8.42 Å². The molecule has 0 saturated carbocycles. The van der Waals surface area contributed by atoms with Gasteiger partial charge in [-0.05, 0) is 53.6 Å². The zero-order valence-electron chi connectivity index (χ0n) is 17.4. The van der Waals surface area contributed by atoms with E-state index in [2.05, 4.69) is 0 Å². The Morgan fingerprint density at radius 1 is 0.781 bits per heavy atom. The monoisotopic (exact) mass is 443 g/mol. The summed E-state index contributed by atoms with van der Waals surface area (Å²) in [4.78, 5) is 0.210. The molecule has 1 aliphatic heterocycles. The second-order valence-corrected chi connectivity index (χ2v) is 9.20. The fourth-order valence-electron chi connectivity index (χ4n) is 3.92. The topological polar surface area (TPSA) is 55.8 Å². The average Bonchev–Trinajstić information content (AvgIpc) is 2.84. The molecule has 4 aromatic carbocycles. The maximum absolute atomic E-state index is 13.8. The summed E-state index contributed by atoms with van der Waals surface area (Å²) < 4.78 is 40.1. The van der Waals surface area contributed by atoms with Gasteiger partial charge in [-0.1, -0.05) is 48.5 Å². The van der Waals surface area contributed by atoms with Crippen molar-refractivity contribution in [3.05, 3.63) is 103 Å². The van der Waals surface area contributed by atoms with E-state index in [1.807, 2.05) is 42.5 Å². The van der Waals surface area contributed by atoms with Crippen molar-refractivity contribution >= 4 is 21.4 Å². The highest BCUT2D eigenvalue weighted by atomic mass is 32.2. The van der Waals surface area contributed by atoms with Gasteiger partial charge >= 0.3 is 0 Å². The van der Waals surface area contributed by atoms with Crippen LogP contribution in [0.15, 0.2) is 102 Å². The number of para-hydroxylation sites is 1. The fraction of sp³-hybridized carbons (Fsp3) is 0.0769. The number of methoxy groups -OCH3 is 1. The van der Waals surface area contributed by atoms with E-state index in [1.54, 1.807) is 61.7 Å². The number of sulfonamides is 1. The largest absolute Gasteiger partial charge is 0.497 e. The molecule has 1 heterocycles. The second-order valence-electron chi connectivity index (χ2n) is 7.41. The molecule has 0 bridgehead atoms. The molecule has 0 aromatic heterocycles. The third-order valence-electron chi connectivity index (χ3n) is 5.45. The van der Waals surface area contributed by atoms with Gasteiger partial charge in [0.2, 0.25) is 0 Å². The molecular formula is C26H21NO4S. The molecule has 0 atom stereocenters. The normalized spacial score (nSPS) is 12.3. The van der Waals surface area contributed by atoms with Gasteiger partial charge in [-0.25, -0.2) is 12.7 Å². The predicted octanol–water partition coefficient (Wildman–Crippen LogP) is 5.78. The van der Waals surface area contributed by atoms with Crippen LogP contribution in [-0.4, -0.2) is 15.5 Å². The summed E-state index contributed by atoms with van der Waals surface area (Å²) in [5.74, 6) is 1.40. The van der Waals surface area contributed by atoms with Gasteiger partial charge in [0.1, 0.15) is 18.1 Å². The molecule has 1 aliphatic rings. The maximum Gasteiger partial charge on any atom is 0.268 e. The van der Waals surface area contributed by atoms with Crippen molar-refractivity contribution in [1.82, 2.24) is 0 Å². The van der Waals surface area contributed by atoms with Gasteiger partial charge in [0.25, 0.3) is 10.0 Å². The van der Waals surface area contributed by atoms with Crippen LogP contribution in [0, 0.1) is 0 Å². The molecule has 32 heavy (non-hydrogen) atoms. The van der Waals surface area contributed by atoms with Gasteiger partial charge in [0.15, 0.2) is 0 Å². The number of rotatable bonds is 5. The highest BCUT2D eigenvalue weighted by Gasteiger charge is 2.28. The SMILES string of the molecule is COc1cccc(N(c2ccc3c(c2)COc2ccccc2-3)S(=O)(=O)c2ccccc2)c1. The lowest BCUT2D eigenvalue weighted by Gasteiger charge is -2.27. The standard InChI is InChI=1S/C26H21NO4S/c1-30-22-9-7-8-20(17-22)27(32(28,29)23-10-3-2-4-11-23)21-14-15-24-19(16-21)18-31-26-13-6-5-12-25(24)26/h2-17H,18H2,1H3. The van der Waals surface area contributed by atoms with E-state index in [0.29, 0.717) is 23.7 Å². The van der Waals surface area contributed by atoms with E-state index in [4.69, 9.17) is 9.47 Å². The lowest BCUT2D eigenvalue weighted by atomic mass is 9.96. The first-order chi connectivity index (χ1) is 15.6. The predicted molar refractivity (Wildman–Crippen MR) is 125 cm³/mol. The molecule has 4 aromatic rings. The summed E-state index contributed by atoms with van der Waals surface area (Å²) in [6.07, 6.45) is 0. The number of ether oxygens (including phenoxy) is 2. The van der Waals surface area contributed by atoms with Crippen LogP contribution in [-0.2, 0) is 16.6 Å². The molecular weight excluding hydrogens is 422 g/mol. The van der Waals surface area contributed by atoms with Crippen molar-refractivity contribution in [3.8, 4) is 22.6 Å². The minimum atomic E-state index is -3.88. The summed E-state index contributed by atoms with van der Waals surface area (Å²) in [5, 5.41) is 0. The summed E-state index contributed by atoms with van der Waals surface area (Å²) >= 11 is 0. The number of anilines is 2. The molecule has 0 fully saturated rings. The lowest BCUT2D eigenvalue weighted by molar-refractivity contribution is 0.302. The maximum atomic E-state index is 13.8. The summed E-state index contributed by atoms with van der Waals surface area (Å²) in [6, 6.07) is 29.0. The zero-order valence-corrected chi connectivity index (χ0v) is 18.2. The van der Waals surface area contributed by atoms with Crippen LogP contribution in [0.2, 0.25) is 0 Å². The molecule has 0 spiro atoms. The average molecular weight is 444 g/mol. The van der Waals surface area contributed by atoms with Crippen molar-refractivity contribution in [2.24, 2.45) is 0 Å². The first-order valence-corrected chi connectivity index (χ1v) is 11.6. The molecule has 5 rings (SSSR count). The molecule has 0 saturated heterocycles. The fourth-order valence-corrected chi connectivity index (χ4v) is 5.41. The van der Waals surface area contributed by atoms with Crippen molar-refractivity contribution in [1.29, 1.82) is 0 Å². The van der Waals surface area contributed by atoms with Crippen LogP contribution in [0.3, 0.4) is 0 Å². The first-order valence-electron chi connectivity index (χ1n) is 10.2. The number of nitrogens with zero attached hydrogens (tertiary/aromatic N) is 1. The van der Waals surface area contributed by atoms with Gasteiger partial charge < -0.3 is 9.47 Å². The Balaban J connectivity index is 1.68. The molecule has 0 N–H and O–H groups in total. The van der Waals surface area contributed by atoms with E-state index in [0.717, 1.165) is 22.4 Å². The quantitative estimate of drug-likeness (QED) is 0.392. The Kier molecular flexibility index (Phi) is 5.07.